The fraction of sp³-hybridized carbons (Fsp3) is 0.909. The van der Waals surface area contributed by atoms with Crippen molar-refractivity contribution in [3.63, 3.8) is 0 Å². The number of rotatable bonds is 9. The van der Waals surface area contributed by atoms with Gasteiger partial charge in [0, 0.05) is 19.0 Å². The summed E-state index contributed by atoms with van der Waals surface area (Å²) in [6, 6.07) is 0. The topological polar surface area (TPSA) is 6.48 Å². The summed E-state index contributed by atoms with van der Waals surface area (Å²) in [5.74, 6) is 7.47. The molecule has 0 aliphatic carbocycles. The standard InChI is InChI=1S/C22H40N2/c1-4-6-8-9-15-24-19-22(20-24)13-17-23(18-14-22)16-10-12-21(3)11-7-5-2/h21H,4-9,11,13-20H2,1-3H3. The number of nitrogens with zero attached hydrogens (tertiary/aromatic N) is 2. The van der Waals surface area contributed by atoms with Gasteiger partial charge in [0.15, 0.2) is 0 Å². The van der Waals surface area contributed by atoms with E-state index < -0.39 is 0 Å². The first-order valence-corrected chi connectivity index (χ1v) is 10.6. The van der Waals surface area contributed by atoms with E-state index in [1.807, 2.05) is 0 Å². The molecule has 2 rings (SSSR count). The van der Waals surface area contributed by atoms with Crippen LogP contribution in [0.5, 0.6) is 0 Å². The molecule has 2 heterocycles. The first-order chi connectivity index (χ1) is 11.7. The van der Waals surface area contributed by atoms with Crippen molar-refractivity contribution in [2.45, 2.75) is 78.6 Å². The van der Waals surface area contributed by atoms with Crippen LogP contribution in [0.15, 0.2) is 0 Å². The maximum absolute atomic E-state index is 3.45. The van der Waals surface area contributed by atoms with E-state index in [4.69, 9.17) is 0 Å². The molecule has 0 radical (unpaired) electrons. The Kier molecular flexibility index (Phi) is 8.63. The molecule has 0 aromatic carbocycles. The Hall–Kier alpha value is -0.520. The van der Waals surface area contributed by atoms with Crippen molar-refractivity contribution in [1.82, 2.24) is 9.80 Å². The quantitative estimate of drug-likeness (QED) is 0.442. The van der Waals surface area contributed by atoms with Crippen LogP contribution >= 0.6 is 0 Å². The molecular formula is C22H40N2. The smallest absolute Gasteiger partial charge is 0.0601 e. The second-order valence-corrected chi connectivity index (χ2v) is 8.41. The van der Waals surface area contributed by atoms with Crippen LogP contribution in [0.2, 0.25) is 0 Å². The fourth-order valence-corrected chi connectivity index (χ4v) is 4.24. The van der Waals surface area contributed by atoms with Gasteiger partial charge in [-0.15, -0.1) is 0 Å². The molecule has 2 nitrogen and oxygen atoms in total. The summed E-state index contributed by atoms with van der Waals surface area (Å²) < 4.78 is 0. The van der Waals surface area contributed by atoms with Gasteiger partial charge >= 0.3 is 0 Å². The molecule has 2 aliphatic heterocycles. The van der Waals surface area contributed by atoms with Crippen LogP contribution in [0.4, 0.5) is 0 Å². The van der Waals surface area contributed by atoms with Crippen molar-refractivity contribution in [2.24, 2.45) is 11.3 Å². The summed E-state index contributed by atoms with van der Waals surface area (Å²) in [7, 11) is 0. The molecule has 2 fully saturated rings. The number of likely N-dealkylation sites (tertiary alicyclic amines) is 2. The molecule has 2 saturated heterocycles. The lowest BCUT2D eigenvalue weighted by Gasteiger charge is -2.54. The van der Waals surface area contributed by atoms with Crippen molar-refractivity contribution in [3.8, 4) is 11.8 Å². The van der Waals surface area contributed by atoms with Gasteiger partial charge < -0.3 is 4.90 Å². The van der Waals surface area contributed by atoms with Crippen LogP contribution in [0, 0.1) is 23.2 Å². The van der Waals surface area contributed by atoms with Gasteiger partial charge in [0.05, 0.1) is 6.54 Å². The van der Waals surface area contributed by atoms with E-state index in [0.717, 1.165) is 6.54 Å². The minimum atomic E-state index is 0.578. The molecule has 0 bridgehead atoms. The van der Waals surface area contributed by atoms with E-state index in [2.05, 4.69) is 42.4 Å². The summed E-state index contributed by atoms with van der Waals surface area (Å²) in [5.41, 5.74) is 0.670. The molecule has 0 saturated carbocycles. The van der Waals surface area contributed by atoms with Gasteiger partial charge in [-0.2, -0.15) is 0 Å². The Morgan fingerprint density at radius 2 is 1.62 bits per heavy atom. The van der Waals surface area contributed by atoms with Gasteiger partial charge in [-0.3, -0.25) is 4.90 Å². The Labute approximate surface area is 151 Å². The Morgan fingerprint density at radius 3 is 2.29 bits per heavy atom. The maximum Gasteiger partial charge on any atom is 0.0601 e. The van der Waals surface area contributed by atoms with E-state index in [0.29, 0.717) is 11.3 Å². The zero-order chi connectivity index (χ0) is 17.3. The molecule has 2 aliphatic rings. The molecular weight excluding hydrogens is 292 g/mol. The summed E-state index contributed by atoms with van der Waals surface area (Å²) >= 11 is 0. The van der Waals surface area contributed by atoms with Gasteiger partial charge in [-0.1, -0.05) is 64.7 Å². The third-order valence-electron chi connectivity index (χ3n) is 6.00. The Bertz CT molecular complexity index is 390. The van der Waals surface area contributed by atoms with E-state index >= 15 is 0 Å². The van der Waals surface area contributed by atoms with Crippen molar-refractivity contribution in [1.29, 1.82) is 0 Å². The first-order valence-electron chi connectivity index (χ1n) is 10.6. The van der Waals surface area contributed by atoms with Crippen molar-refractivity contribution in [3.05, 3.63) is 0 Å². The maximum atomic E-state index is 3.45. The molecule has 0 aromatic heterocycles. The van der Waals surface area contributed by atoms with Crippen molar-refractivity contribution in [2.75, 3.05) is 39.3 Å². The minimum absolute atomic E-state index is 0.578. The van der Waals surface area contributed by atoms with E-state index in [-0.39, 0.29) is 0 Å². The summed E-state index contributed by atoms with van der Waals surface area (Å²) in [5, 5.41) is 0. The molecule has 1 atom stereocenters. The van der Waals surface area contributed by atoms with E-state index in [1.165, 1.54) is 90.5 Å². The highest BCUT2D eigenvalue weighted by Crippen LogP contribution is 2.40. The molecule has 1 unspecified atom stereocenters. The lowest BCUT2D eigenvalue weighted by Crippen LogP contribution is -2.60. The second kappa shape index (κ2) is 10.5. The van der Waals surface area contributed by atoms with Crippen LogP contribution in [-0.2, 0) is 0 Å². The van der Waals surface area contributed by atoms with Crippen LogP contribution in [0.1, 0.15) is 78.6 Å². The average molecular weight is 333 g/mol. The molecule has 24 heavy (non-hydrogen) atoms. The highest BCUT2D eigenvalue weighted by atomic mass is 15.2. The molecule has 1 spiro atoms. The van der Waals surface area contributed by atoms with Crippen LogP contribution in [0.25, 0.3) is 0 Å². The van der Waals surface area contributed by atoms with Crippen LogP contribution in [0.3, 0.4) is 0 Å². The summed E-state index contributed by atoms with van der Waals surface area (Å²) in [6.45, 7) is 14.4. The number of hydrogen-bond donors (Lipinski definition) is 0. The summed E-state index contributed by atoms with van der Waals surface area (Å²) in [4.78, 5) is 5.27. The first kappa shape index (κ1) is 19.8. The zero-order valence-electron chi connectivity index (χ0n) is 16.6. The number of piperidine rings is 1. The second-order valence-electron chi connectivity index (χ2n) is 8.41. The van der Waals surface area contributed by atoms with E-state index in [9.17, 15) is 0 Å². The zero-order valence-corrected chi connectivity index (χ0v) is 16.6. The van der Waals surface area contributed by atoms with Crippen LogP contribution < -0.4 is 0 Å². The Balaban J connectivity index is 1.57. The van der Waals surface area contributed by atoms with Gasteiger partial charge in [-0.05, 0) is 50.7 Å². The third-order valence-corrected chi connectivity index (χ3v) is 6.00. The van der Waals surface area contributed by atoms with Crippen LogP contribution in [-0.4, -0.2) is 49.1 Å². The van der Waals surface area contributed by atoms with Crippen molar-refractivity contribution < 1.29 is 0 Å². The van der Waals surface area contributed by atoms with Crippen molar-refractivity contribution >= 4 is 0 Å². The molecule has 0 aromatic rings. The lowest BCUT2D eigenvalue weighted by molar-refractivity contribution is -0.0446. The van der Waals surface area contributed by atoms with Gasteiger partial charge in [0.1, 0.15) is 0 Å². The van der Waals surface area contributed by atoms with Gasteiger partial charge in [0.25, 0.3) is 0 Å². The predicted molar refractivity (Wildman–Crippen MR) is 105 cm³/mol. The molecule has 0 N–H and O–H groups in total. The summed E-state index contributed by atoms with van der Waals surface area (Å²) in [6.07, 6.45) is 12.2. The van der Waals surface area contributed by atoms with Gasteiger partial charge in [-0.25, -0.2) is 0 Å². The average Bonchev–Trinajstić information content (AvgIpc) is 2.56. The normalized spacial score (nSPS) is 22.0. The molecule has 0 amide bonds. The largest absolute Gasteiger partial charge is 0.302 e. The SMILES string of the molecule is CCCCCCN1CC2(CCN(CC#CC(C)CCCC)CC2)C1. The third kappa shape index (κ3) is 6.41. The van der Waals surface area contributed by atoms with E-state index in [1.54, 1.807) is 0 Å². The predicted octanol–water partition coefficient (Wildman–Crippen LogP) is 4.79. The van der Waals surface area contributed by atoms with Gasteiger partial charge in [0.2, 0.25) is 0 Å². The Morgan fingerprint density at radius 1 is 0.917 bits per heavy atom. The highest BCUT2D eigenvalue weighted by Gasteiger charge is 2.43. The monoisotopic (exact) mass is 332 g/mol. The fourth-order valence-electron chi connectivity index (χ4n) is 4.24. The lowest BCUT2D eigenvalue weighted by atomic mass is 9.72. The number of unbranched alkanes of at least 4 members (excludes halogenated alkanes) is 4. The minimum Gasteiger partial charge on any atom is -0.302 e. The molecule has 138 valence electrons. The highest BCUT2D eigenvalue weighted by molar-refractivity contribution is 5.06. The molecule has 2 heteroatoms. The number of hydrogen-bond acceptors (Lipinski definition) is 2.